The summed E-state index contributed by atoms with van der Waals surface area (Å²) in [4.78, 5) is 9.43. The second-order valence-electron chi connectivity index (χ2n) is 2.38. The van der Waals surface area contributed by atoms with Gasteiger partial charge in [-0.25, -0.2) is 0 Å². The van der Waals surface area contributed by atoms with E-state index >= 15 is 0 Å². The van der Waals surface area contributed by atoms with Crippen LogP contribution in [0.2, 0.25) is 0 Å². The number of carbonyl (C=O) groups is 1. The first-order valence-corrected chi connectivity index (χ1v) is 3.53. The molecule has 1 N–H and O–H groups in total. The Morgan fingerprint density at radius 3 is 2.30 bits per heavy atom. The van der Waals surface area contributed by atoms with Gasteiger partial charge in [-0.3, -0.25) is 4.79 Å². The van der Waals surface area contributed by atoms with E-state index < -0.39 is 10.8 Å². The van der Waals surface area contributed by atoms with Crippen LogP contribution in [0.25, 0.3) is 0 Å². The van der Waals surface area contributed by atoms with Crippen molar-refractivity contribution in [1.29, 1.82) is 0 Å². The molecule has 58 valence electrons. The molecule has 1 saturated heterocycles. The van der Waals surface area contributed by atoms with Crippen LogP contribution in [0, 0.1) is 0 Å². The second kappa shape index (κ2) is 2.76. The molecule has 0 bridgehead atoms. The van der Waals surface area contributed by atoms with Gasteiger partial charge in [-0.2, -0.15) is 0 Å². The lowest BCUT2D eigenvalue weighted by atomic mass is 10.00. The van der Waals surface area contributed by atoms with E-state index in [1.54, 1.807) is 0 Å². The summed E-state index contributed by atoms with van der Waals surface area (Å²) in [5.74, 6) is -0.933. The first kappa shape index (κ1) is 7.82. The maximum absolute atomic E-state index is 10.5. The molecule has 0 aromatic heterocycles. The summed E-state index contributed by atoms with van der Waals surface area (Å²) in [6.07, 6.45) is 0.813. The monoisotopic (exact) mass is 164 g/mol. The maximum atomic E-state index is 10.5. The number of aliphatic carboxylic acids is 1. The largest absolute Gasteiger partial charge is 0.480 e. The molecule has 10 heavy (non-hydrogen) atoms. The molecular formula is C6H9ClO3. The van der Waals surface area contributed by atoms with Crippen molar-refractivity contribution in [3.63, 3.8) is 0 Å². The van der Waals surface area contributed by atoms with Gasteiger partial charge in [0.05, 0.1) is 0 Å². The minimum absolute atomic E-state index is 0.407. The first-order chi connectivity index (χ1) is 4.65. The van der Waals surface area contributed by atoms with Gasteiger partial charge in [-0.15, -0.1) is 11.6 Å². The minimum Gasteiger partial charge on any atom is -0.480 e. The van der Waals surface area contributed by atoms with Crippen molar-refractivity contribution in [2.75, 3.05) is 13.2 Å². The zero-order valence-electron chi connectivity index (χ0n) is 5.47. The average molecular weight is 165 g/mol. The molecule has 1 fully saturated rings. The summed E-state index contributed by atoms with van der Waals surface area (Å²) >= 11 is 5.73. The molecule has 0 aromatic rings. The number of carboxylic acid groups (broad SMARTS) is 1. The molecule has 0 aromatic carbocycles. The van der Waals surface area contributed by atoms with Gasteiger partial charge < -0.3 is 9.84 Å². The summed E-state index contributed by atoms with van der Waals surface area (Å²) in [6.45, 7) is 0.908. The Hall–Kier alpha value is -0.280. The van der Waals surface area contributed by atoms with E-state index in [0.29, 0.717) is 26.1 Å². The molecular weight excluding hydrogens is 156 g/mol. The lowest BCUT2D eigenvalue weighted by molar-refractivity contribution is -0.142. The van der Waals surface area contributed by atoms with Crippen LogP contribution in [-0.4, -0.2) is 29.2 Å². The van der Waals surface area contributed by atoms with Crippen LogP contribution >= 0.6 is 11.6 Å². The topological polar surface area (TPSA) is 46.5 Å². The van der Waals surface area contributed by atoms with Crippen LogP contribution in [0.4, 0.5) is 0 Å². The van der Waals surface area contributed by atoms with E-state index in [-0.39, 0.29) is 0 Å². The molecule has 1 heterocycles. The SMILES string of the molecule is O=C(O)C1(Cl)CCOCC1. The highest BCUT2D eigenvalue weighted by atomic mass is 35.5. The summed E-state index contributed by atoms with van der Waals surface area (Å²) in [7, 11) is 0. The third kappa shape index (κ3) is 1.41. The molecule has 1 aliphatic heterocycles. The lowest BCUT2D eigenvalue weighted by Gasteiger charge is -2.26. The van der Waals surface area contributed by atoms with Crippen LogP contribution in [0.3, 0.4) is 0 Å². The maximum Gasteiger partial charge on any atom is 0.324 e. The highest BCUT2D eigenvalue weighted by Gasteiger charge is 2.37. The van der Waals surface area contributed by atoms with Crippen LogP contribution in [0.5, 0.6) is 0 Å². The van der Waals surface area contributed by atoms with Crippen molar-refractivity contribution < 1.29 is 14.6 Å². The minimum atomic E-state index is -1.06. The average Bonchev–Trinajstić information content (AvgIpc) is 1.89. The molecule has 0 amide bonds. The number of halogens is 1. The summed E-state index contributed by atoms with van der Waals surface area (Å²) in [6, 6.07) is 0. The molecule has 1 rings (SSSR count). The Morgan fingerprint density at radius 1 is 1.50 bits per heavy atom. The van der Waals surface area contributed by atoms with Crippen LogP contribution in [-0.2, 0) is 9.53 Å². The van der Waals surface area contributed by atoms with E-state index in [1.165, 1.54) is 0 Å². The molecule has 0 atom stereocenters. The predicted molar refractivity (Wildman–Crippen MR) is 36.3 cm³/mol. The predicted octanol–water partition coefficient (Wildman–Crippen LogP) is 0.859. The van der Waals surface area contributed by atoms with Crippen molar-refractivity contribution in [3.8, 4) is 0 Å². The number of carboxylic acids is 1. The Kier molecular flexibility index (Phi) is 2.16. The van der Waals surface area contributed by atoms with E-state index in [2.05, 4.69) is 0 Å². The summed E-state index contributed by atoms with van der Waals surface area (Å²) in [5, 5.41) is 8.61. The molecule has 0 aliphatic carbocycles. The van der Waals surface area contributed by atoms with Crippen molar-refractivity contribution in [1.82, 2.24) is 0 Å². The zero-order valence-corrected chi connectivity index (χ0v) is 6.23. The van der Waals surface area contributed by atoms with Gasteiger partial charge in [-0.1, -0.05) is 0 Å². The fraction of sp³-hybridized carbons (Fsp3) is 0.833. The molecule has 0 spiro atoms. The number of hydrogen-bond donors (Lipinski definition) is 1. The summed E-state index contributed by atoms with van der Waals surface area (Å²) < 4.78 is 4.97. The quantitative estimate of drug-likeness (QED) is 0.585. The smallest absolute Gasteiger partial charge is 0.324 e. The van der Waals surface area contributed by atoms with E-state index in [1.807, 2.05) is 0 Å². The number of ether oxygens (including phenoxy) is 1. The highest BCUT2D eigenvalue weighted by molar-refractivity contribution is 6.33. The summed E-state index contributed by atoms with van der Waals surface area (Å²) in [5.41, 5.74) is 0. The molecule has 4 heteroatoms. The standard InChI is InChI=1S/C6H9ClO3/c7-6(5(8)9)1-3-10-4-2-6/h1-4H2,(H,8,9). The van der Waals surface area contributed by atoms with E-state index in [9.17, 15) is 4.79 Å². The normalized spacial score (nSPS) is 24.1. The highest BCUT2D eigenvalue weighted by Crippen LogP contribution is 2.27. The van der Waals surface area contributed by atoms with Crippen molar-refractivity contribution in [2.45, 2.75) is 17.7 Å². The first-order valence-electron chi connectivity index (χ1n) is 3.15. The van der Waals surface area contributed by atoms with Gasteiger partial charge in [0.2, 0.25) is 0 Å². The Morgan fingerprint density at radius 2 is 2.00 bits per heavy atom. The van der Waals surface area contributed by atoms with E-state index in [4.69, 9.17) is 21.4 Å². The van der Waals surface area contributed by atoms with Crippen molar-refractivity contribution in [2.24, 2.45) is 0 Å². The Balaban J connectivity index is 2.56. The third-order valence-corrected chi connectivity index (χ3v) is 2.21. The Bertz CT molecular complexity index is 140. The zero-order chi connectivity index (χ0) is 7.61. The fourth-order valence-corrected chi connectivity index (χ4v) is 1.06. The van der Waals surface area contributed by atoms with Crippen molar-refractivity contribution >= 4 is 17.6 Å². The third-order valence-electron chi connectivity index (χ3n) is 1.67. The second-order valence-corrected chi connectivity index (χ2v) is 3.11. The van der Waals surface area contributed by atoms with Gasteiger partial charge in [0.25, 0.3) is 0 Å². The molecule has 0 radical (unpaired) electrons. The van der Waals surface area contributed by atoms with Gasteiger partial charge in [0, 0.05) is 26.1 Å². The van der Waals surface area contributed by atoms with Crippen LogP contribution < -0.4 is 0 Å². The number of alkyl halides is 1. The van der Waals surface area contributed by atoms with Crippen molar-refractivity contribution in [3.05, 3.63) is 0 Å². The van der Waals surface area contributed by atoms with Gasteiger partial charge in [-0.05, 0) is 0 Å². The molecule has 0 saturated carbocycles. The van der Waals surface area contributed by atoms with Gasteiger partial charge in [0.15, 0.2) is 0 Å². The van der Waals surface area contributed by atoms with Gasteiger partial charge >= 0.3 is 5.97 Å². The van der Waals surface area contributed by atoms with Crippen LogP contribution in [0.1, 0.15) is 12.8 Å². The Labute approximate surface area is 63.9 Å². The van der Waals surface area contributed by atoms with Gasteiger partial charge in [0.1, 0.15) is 4.87 Å². The molecule has 1 aliphatic rings. The fourth-order valence-electron chi connectivity index (χ4n) is 0.909. The lowest BCUT2D eigenvalue weighted by Crippen LogP contribution is -2.38. The van der Waals surface area contributed by atoms with E-state index in [0.717, 1.165) is 0 Å². The molecule has 0 unspecified atom stereocenters. The number of hydrogen-bond acceptors (Lipinski definition) is 2. The van der Waals surface area contributed by atoms with Crippen LogP contribution in [0.15, 0.2) is 0 Å². The number of rotatable bonds is 1. The molecule has 3 nitrogen and oxygen atoms in total.